The van der Waals surface area contributed by atoms with Gasteiger partial charge in [-0.2, -0.15) is 4.98 Å². The van der Waals surface area contributed by atoms with Crippen molar-refractivity contribution in [2.45, 2.75) is 46.1 Å². The van der Waals surface area contributed by atoms with Gasteiger partial charge < -0.3 is 26.2 Å². The fourth-order valence-electron chi connectivity index (χ4n) is 4.50. The summed E-state index contributed by atoms with van der Waals surface area (Å²) in [6, 6.07) is 2.45. The Hall–Kier alpha value is -3.47. The molecule has 0 aliphatic carbocycles. The summed E-state index contributed by atoms with van der Waals surface area (Å²) in [5.41, 5.74) is 9.83. The second-order valence-electron chi connectivity index (χ2n) is 9.02. The Balaban J connectivity index is 1.48. The fourth-order valence-corrected chi connectivity index (χ4v) is 4.50. The van der Waals surface area contributed by atoms with Crippen LogP contribution < -0.4 is 21.3 Å². The Labute approximate surface area is 206 Å². The van der Waals surface area contributed by atoms with Crippen molar-refractivity contribution < 1.29 is 4.79 Å². The summed E-state index contributed by atoms with van der Waals surface area (Å²) in [4.78, 5) is 29.9. The monoisotopic (exact) mass is 480 g/mol. The normalized spacial score (nSPS) is 14.2. The number of carbonyl (C=O) groups is 1. The minimum Gasteiger partial charge on any atom is -0.380 e. The van der Waals surface area contributed by atoms with Crippen LogP contribution in [0.2, 0.25) is 0 Å². The predicted octanol–water partition coefficient (Wildman–Crippen LogP) is 1.47. The number of fused-ring (bicyclic) bond motifs is 1. The summed E-state index contributed by atoms with van der Waals surface area (Å²) < 4.78 is 1.78. The number of hydrogen-bond donors (Lipinski definition) is 3. The molecule has 0 saturated carbocycles. The number of nitrogens with zero attached hydrogens (tertiary/aromatic N) is 7. The number of anilines is 3. The molecule has 0 unspecified atom stereocenters. The first kappa shape index (κ1) is 24.6. The lowest BCUT2D eigenvalue weighted by molar-refractivity contribution is -0.130. The van der Waals surface area contributed by atoms with E-state index in [1.165, 1.54) is 0 Å². The van der Waals surface area contributed by atoms with Crippen molar-refractivity contribution in [2.24, 2.45) is 0 Å². The van der Waals surface area contributed by atoms with E-state index in [0.717, 1.165) is 48.6 Å². The highest BCUT2D eigenvalue weighted by molar-refractivity contribution is 5.78. The van der Waals surface area contributed by atoms with Crippen molar-refractivity contribution in [3.63, 3.8) is 0 Å². The topological polar surface area (TPSA) is 130 Å². The lowest BCUT2D eigenvalue weighted by atomic mass is 10.1. The summed E-state index contributed by atoms with van der Waals surface area (Å²) in [7, 11) is 1.79. The lowest BCUT2D eigenvalue weighted by Crippen LogP contribution is -2.51. The molecule has 11 nitrogen and oxygen atoms in total. The molecule has 188 valence electrons. The van der Waals surface area contributed by atoms with E-state index in [-0.39, 0.29) is 5.91 Å². The maximum absolute atomic E-state index is 12.1. The van der Waals surface area contributed by atoms with Crippen LogP contribution in [0.3, 0.4) is 0 Å². The van der Waals surface area contributed by atoms with Gasteiger partial charge >= 0.3 is 0 Å². The Bertz CT molecular complexity index is 1160. The van der Waals surface area contributed by atoms with Crippen LogP contribution in [0.4, 0.5) is 17.6 Å². The highest BCUT2D eigenvalue weighted by atomic mass is 16.2. The number of aryl methyl sites for hydroxylation is 1. The van der Waals surface area contributed by atoms with Crippen molar-refractivity contribution in [3.8, 4) is 0 Å². The molecule has 0 atom stereocenters. The van der Waals surface area contributed by atoms with E-state index < -0.39 is 0 Å². The Morgan fingerprint density at radius 3 is 2.54 bits per heavy atom. The number of hydrogen-bond acceptors (Lipinski definition) is 9. The summed E-state index contributed by atoms with van der Waals surface area (Å²) in [5.74, 6) is 1.98. The number of nitrogen functional groups attached to an aromatic ring is 1. The summed E-state index contributed by atoms with van der Waals surface area (Å²) >= 11 is 0. The number of nitrogens with two attached hydrogens (primary N) is 1. The number of nitrogens with one attached hydrogen (secondary N) is 2. The van der Waals surface area contributed by atoms with E-state index >= 15 is 0 Å². The van der Waals surface area contributed by atoms with Gasteiger partial charge in [0.15, 0.2) is 11.5 Å². The molecule has 4 N–H and O–H groups in total. The molecule has 0 aromatic carbocycles. The van der Waals surface area contributed by atoms with Crippen LogP contribution in [0.1, 0.15) is 43.5 Å². The van der Waals surface area contributed by atoms with Gasteiger partial charge in [-0.1, -0.05) is 19.9 Å². The molecule has 35 heavy (non-hydrogen) atoms. The van der Waals surface area contributed by atoms with E-state index in [2.05, 4.69) is 57.4 Å². The second kappa shape index (κ2) is 10.9. The zero-order valence-corrected chi connectivity index (χ0v) is 21.1. The number of amides is 1. The van der Waals surface area contributed by atoms with Crippen molar-refractivity contribution >= 4 is 29.1 Å². The van der Waals surface area contributed by atoms with Crippen LogP contribution in [-0.2, 0) is 11.2 Å². The first-order valence-corrected chi connectivity index (χ1v) is 12.3. The molecular formula is C24H36N10O. The van der Waals surface area contributed by atoms with Gasteiger partial charge in [-0.05, 0) is 37.9 Å². The van der Waals surface area contributed by atoms with Crippen LogP contribution in [0, 0.1) is 6.92 Å². The molecule has 0 spiro atoms. The molecule has 1 aliphatic heterocycles. The maximum atomic E-state index is 12.1. The zero-order chi connectivity index (χ0) is 24.9. The van der Waals surface area contributed by atoms with Crippen LogP contribution in [0.15, 0.2) is 18.5 Å². The van der Waals surface area contributed by atoms with E-state index in [0.29, 0.717) is 49.5 Å². The van der Waals surface area contributed by atoms with Gasteiger partial charge in [0.2, 0.25) is 11.9 Å². The molecule has 0 radical (unpaired) electrons. The second-order valence-corrected chi connectivity index (χ2v) is 9.02. The van der Waals surface area contributed by atoms with Crippen molar-refractivity contribution in [1.82, 2.24) is 34.8 Å². The third-order valence-corrected chi connectivity index (χ3v) is 6.53. The minimum absolute atomic E-state index is 0.142. The van der Waals surface area contributed by atoms with E-state index in [1.807, 2.05) is 11.1 Å². The van der Waals surface area contributed by atoms with Gasteiger partial charge in [0.25, 0.3) is 0 Å². The van der Waals surface area contributed by atoms with Crippen molar-refractivity contribution in [1.29, 1.82) is 0 Å². The van der Waals surface area contributed by atoms with Crippen molar-refractivity contribution in [3.05, 3.63) is 35.3 Å². The molecule has 3 aromatic rings. The Kier molecular flexibility index (Phi) is 7.64. The minimum atomic E-state index is 0.142. The predicted molar refractivity (Wildman–Crippen MR) is 138 cm³/mol. The number of pyridine rings is 1. The molecule has 4 rings (SSSR count). The van der Waals surface area contributed by atoms with Crippen LogP contribution >= 0.6 is 0 Å². The standard InChI is InChI=1S/C24H36N10O/c1-5-18(6-2)29-24-30-21(25)23-28-14-19(34(23)31-24)12-17-11-16(3)22(27-13-17)33-9-7-32(8-10-33)20(35)15-26-4/h11,13-14,18,26H,5-10,12,15H2,1-4H3,(H3,25,29,30,31). The van der Waals surface area contributed by atoms with Crippen LogP contribution in [-0.4, -0.2) is 81.2 Å². The van der Waals surface area contributed by atoms with E-state index in [9.17, 15) is 4.79 Å². The molecule has 1 amide bonds. The molecule has 0 bridgehead atoms. The summed E-state index contributed by atoms with van der Waals surface area (Å²) in [6.07, 6.45) is 6.29. The fraction of sp³-hybridized carbons (Fsp3) is 0.542. The molecular weight excluding hydrogens is 444 g/mol. The number of imidazole rings is 1. The Morgan fingerprint density at radius 1 is 1.14 bits per heavy atom. The highest BCUT2D eigenvalue weighted by Crippen LogP contribution is 2.22. The van der Waals surface area contributed by atoms with E-state index in [1.54, 1.807) is 17.8 Å². The number of rotatable bonds is 9. The highest BCUT2D eigenvalue weighted by Gasteiger charge is 2.22. The smallest absolute Gasteiger partial charge is 0.243 e. The quantitative estimate of drug-likeness (QED) is 0.417. The van der Waals surface area contributed by atoms with E-state index in [4.69, 9.17) is 10.7 Å². The van der Waals surface area contributed by atoms with Gasteiger partial charge in [0.05, 0.1) is 18.4 Å². The lowest BCUT2D eigenvalue weighted by Gasteiger charge is -2.36. The van der Waals surface area contributed by atoms with Gasteiger partial charge in [-0.25, -0.2) is 14.5 Å². The van der Waals surface area contributed by atoms with Gasteiger partial charge in [-0.15, -0.1) is 5.10 Å². The van der Waals surface area contributed by atoms with Gasteiger partial charge in [-0.3, -0.25) is 4.79 Å². The zero-order valence-electron chi connectivity index (χ0n) is 21.1. The SMILES string of the molecule is CCC(CC)Nc1nc(N)c2ncc(Cc3cnc(N4CCN(C(=O)CNC)CC4)c(C)c3)n2n1. The summed E-state index contributed by atoms with van der Waals surface area (Å²) in [5, 5.41) is 11.0. The first-order chi connectivity index (χ1) is 16.9. The molecule has 4 heterocycles. The summed E-state index contributed by atoms with van der Waals surface area (Å²) in [6.45, 7) is 9.69. The molecule has 1 aliphatic rings. The Morgan fingerprint density at radius 2 is 1.89 bits per heavy atom. The van der Waals surface area contributed by atoms with Crippen molar-refractivity contribution in [2.75, 3.05) is 55.7 Å². The number of piperazine rings is 1. The maximum Gasteiger partial charge on any atom is 0.243 e. The number of aromatic nitrogens is 5. The van der Waals surface area contributed by atoms with Gasteiger partial charge in [0.1, 0.15) is 5.82 Å². The number of likely N-dealkylation sites (N-methyl/N-ethyl adjacent to an activating group) is 1. The molecule has 3 aromatic heterocycles. The largest absolute Gasteiger partial charge is 0.380 e. The molecule has 11 heteroatoms. The average molecular weight is 481 g/mol. The first-order valence-electron chi connectivity index (χ1n) is 12.3. The average Bonchev–Trinajstić information content (AvgIpc) is 3.26. The molecule has 1 saturated heterocycles. The van der Waals surface area contributed by atoms with Gasteiger partial charge in [0, 0.05) is 44.8 Å². The van der Waals surface area contributed by atoms with Crippen LogP contribution in [0.25, 0.3) is 5.65 Å². The third kappa shape index (κ3) is 5.45. The molecule has 1 fully saturated rings. The van der Waals surface area contributed by atoms with Crippen LogP contribution in [0.5, 0.6) is 0 Å². The number of carbonyl (C=O) groups excluding carboxylic acids is 1. The third-order valence-electron chi connectivity index (χ3n) is 6.53.